The molecule has 12 rings (SSSR count). The maximum atomic E-state index is 6.20. The molecule has 0 amide bonds. The van der Waals surface area contributed by atoms with Crippen LogP contribution in [0, 0.1) is 32.6 Å². The van der Waals surface area contributed by atoms with Gasteiger partial charge >= 0.3 is 30.0 Å². The summed E-state index contributed by atoms with van der Waals surface area (Å²) in [6.07, 6.45) is 4.93. The van der Waals surface area contributed by atoms with Gasteiger partial charge in [-0.1, -0.05) is 136 Å². The molecule has 0 aliphatic heterocycles. The zero-order valence-corrected chi connectivity index (χ0v) is 43.2. The molecular weight excluding hydrogens is 929 g/mol. The van der Waals surface area contributed by atoms with Crippen molar-refractivity contribution in [2.75, 3.05) is 0 Å². The van der Waals surface area contributed by atoms with Gasteiger partial charge in [-0.05, 0) is 168 Å². The fourth-order valence-corrected chi connectivity index (χ4v) is 10.2. The van der Waals surface area contributed by atoms with Gasteiger partial charge in [0.05, 0.1) is 11.4 Å². The minimum atomic E-state index is 0.583. The monoisotopic (exact) mass is 976 g/mol. The summed E-state index contributed by atoms with van der Waals surface area (Å²) in [7, 11) is 0. The van der Waals surface area contributed by atoms with E-state index in [9.17, 15) is 0 Å². The average Bonchev–Trinajstić information content (AvgIpc) is 3.81. The van der Waals surface area contributed by atoms with E-state index in [1.54, 1.807) is 0 Å². The van der Waals surface area contributed by atoms with Crippen molar-refractivity contribution in [2.45, 2.75) is 48.0 Å². The van der Waals surface area contributed by atoms with Crippen molar-refractivity contribution in [2.24, 2.45) is 11.8 Å². The van der Waals surface area contributed by atoms with Crippen LogP contribution >= 0.6 is 25.2 Å². The van der Waals surface area contributed by atoms with Gasteiger partial charge in [0, 0.05) is 39.3 Å². The Balaban J connectivity index is 0.000000147. The summed E-state index contributed by atoms with van der Waals surface area (Å²) in [6.45, 7) is 16.7. The minimum absolute atomic E-state index is 0.583. The van der Waals surface area contributed by atoms with E-state index < -0.39 is 0 Å². The van der Waals surface area contributed by atoms with Crippen LogP contribution in [0.2, 0.25) is 5.02 Å². The third kappa shape index (κ3) is 8.47. The number of fused-ring (bicyclic) bond motifs is 8. The van der Waals surface area contributed by atoms with E-state index in [2.05, 4.69) is 189 Å². The third-order valence-corrected chi connectivity index (χ3v) is 12.6. The molecule has 5 heteroatoms. The van der Waals surface area contributed by atoms with Crippen LogP contribution in [0.15, 0.2) is 158 Å². The molecule has 2 nitrogen and oxygen atoms in total. The molecule has 0 saturated heterocycles. The molecule has 0 fully saturated rings. The predicted molar refractivity (Wildman–Crippen MR) is 280 cm³/mol. The van der Waals surface area contributed by atoms with Crippen molar-refractivity contribution in [3.63, 3.8) is 0 Å². The Hall–Kier alpha value is -5.51. The molecule has 10 aromatic rings. The summed E-state index contributed by atoms with van der Waals surface area (Å²) in [5, 5.41) is 10.8. The van der Waals surface area contributed by atoms with E-state index in [1.807, 2.05) is 30.6 Å². The Morgan fingerprint density at radius 2 is 0.938 bits per heavy atom. The molecule has 2 aromatic heterocycles. The number of aryl methyl sites for hydroxylation is 2. The Bertz CT molecular complexity index is 3430. The van der Waals surface area contributed by atoms with Gasteiger partial charge in [0.1, 0.15) is 0 Å². The first-order chi connectivity index (χ1) is 31.5. The second kappa shape index (κ2) is 18.8. The van der Waals surface area contributed by atoms with E-state index in [0.29, 0.717) is 11.8 Å². The zero-order valence-electron chi connectivity index (χ0n) is 37.9. The number of rotatable bonds is 4. The molecule has 316 valence electrons. The van der Waals surface area contributed by atoms with Gasteiger partial charge in [-0.2, -0.15) is 5.92 Å². The van der Waals surface area contributed by atoms with Crippen LogP contribution in [-0.2, 0) is 22.8 Å². The van der Waals surface area contributed by atoms with Crippen molar-refractivity contribution in [3.05, 3.63) is 187 Å². The first kappa shape index (κ1) is 44.7. The molecule has 0 saturated carbocycles. The quantitative estimate of drug-likeness (QED) is 0.130. The van der Waals surface area contributed by atoms with Gasteiger partial charge in [-0.3, -0.25) is 9.97 Å². The summed E-state index contributed by atoms with van der Waals surface area (Å²) in [5.74, 6) is 1.24. The molecular formula is C60H50BrClN2Zn. The summed E-state index contributed by atoms with van der Waals surface area (Å²) >= 11 is 10.4. The molecule has 2 aliphatic rings. The second-order valence-electron chi connectivity index (χ2n) is 18.1. The van der Waals surface area contributed by atoms with Crippen molar-refractivity contribution in [3.8, 4) is 67.0 Å². The second-order valence-corrected chi connectivity index (χ2v) is 18.5. The van der Waals surface area contributed by atoms with Gasteiger partial charge in [0.2, 0.25) is 0 Å². The van der Waals surface area contributed by atoms with Gasteiger partial charge in [0.25, 0.3) is 0 Å². The number of benzene rings is 8. The van der Waals surface area contributed by atoms with E-state index in [-0.39, 0.29) is 0 Å². The fourth-order valence-electron chi connectivity index (χ4n) is 9.97. The van der Waals surface area contributed by atoms with Gasteiger partial charge in [-0.25, -0.2) is 0 Å². The average molecular weight is 980 g/mol. The molecule has 65 heavy (non-hydrogen) atoms. The topological polar surface area (TPSA) is 25.8 Å². The van der Waals surface area contributed by atoms with Crippen molar-refractivity contribution < 1.29 is 16.3 Å². The Morgan fingerprint density at radius 1 is 0.508 bits per heavy atom. The summed E-state index contributed by atoms with van der Waals surface area (Å²) in [4.78, 5) is 9.56. The number of hydrogen-bond acceptors (Lipinski definition) is 2. The fraction of sp³-hybridized carbons (Fsp3) is 0.150. The molecule has 0 unspecified atom stereocenters. The SMILES string of the molecule is Cc1cc(-c2nccc3cc(CC(C)C)ccc23)cc2c1-c1cccc3cccc-2c13.Cc1cc(-c2nccc3cc(Cl)ccc23)cc2c1-c1cccc3cccc-2c13.[CH2-]C(C)C.[Zn+][Br]. The summed E-state index contributed by atoms with van der Waals surface area (Å²) in [5.41, 5.74) is 19.1. The number of hydrogen-bond donors (Lipinski definition) is 0. The molecule has 0 radical (unpaired) electrons. The summed E-state index contributed by atoms with van der Waals surface area (Å²) in [6, 6.07) is 52.7. The number of nitrogens with zero attached hydrogens (tertiary/aromatic N) is 2. The predicted octanol–water partition coefficient (Wildman–Crippen LogP) is 18.2. The van der Waals surface area contributed by atoms with Crippen molar-refractivity contribution >= 4 is 68.3 Å². The normalized spacial score (nSPS) is 11.6. The third-order valence-electron chi connectivity index (χ3n) is 12.3. The first-order valence-electron chi connectivity index (χ1n) is 22.4. The van der Waals surface area contributed by atoms with Crippen LogP contribution < -0.4 is 0 Å². The van der Waals surface area contributed by atoms with Crippen molar-refractivity contribution in [1.29, 1.82) is 0 Å². The number of aromatic nitrogens is 2. The van der Waals surface area contributed by atoms with Crippen LogP contribution in [0.3, 0.4) is 0 Å². The van der Waals surface area contributed by atoms with E-state index >= 15 is 0 Å². The standard InChI is InChI=1S/C30H25N.C26H16ClN.C4H9.BrH.Zn/c1-18(2)14-20-10-11-24-22(16-20)12-13-31-30(24)23-15-19(3)28-26-9-5-7-21-6-4-8-25(29(21)26)27(28)17-23;1-15-12-18(26-20-9-8-19(27)13-17(20)10-11-28-26)14-23-21-6-2-4-16-5-3-7-22(24(15)23)25(16)21;1-4(2)3;;/h4-13,15-18H,14H2,1-3H3;2-14H,1H3;4H,1H2,2-3H3;1H;/q;;-1;;+2/p-1. The molecule has 8 aromatic carbocycles. The zero-order chi connectivity index (χ0) is 45.5. The van der Waals surface area contributed by atoms with Crippen LogP contribution in [-0.4, -0.2) is 9.97 Å². The molecule has 0 N–H and O–H groups in total. The molecule has 0 spiro atoms. The molecule has 2 heterocycles. The van der Waals surface area contributed by atoms with E-state index in [1.165, 1.54) is 115 Å². The Labute approximate surface area is 405 Å². The van der Waals surface area contributed by atoms with Crippen molar-refractivity contribution in [1.82, 2.24) is 9.97 Å². The van der Waals surface area contributed by atoms with E-state index in [4.69, 9.17) is 21.6 Å². The van der Waals surface area contributed by atoms with Crippen LogP contribution in [0.1, 0.15) is 44.4 Å². The van der Waals surface area contributed by atoms with E-state index in [0.717, 1.165) is 39.2 Å². The van der Waals surface area contributed by atoms with Crippen LogP contribution in [0.5, 0.6) is 0 Å². The summed E-state index contributed by atoms with van der Waals surface area (Å²) < 4.78 is 0. The number of halogens is 2. The van der Waals surface area contributed by atoms with Crippen LogP contribution in [0.25, 0.3) is 110 Å². The van der Waals surface area contributed by atoms with Crippen LogP contribution in [0.4, 0.5) is 0 Å². The van der Waals surface area contributed by atoms with Gasteiger partial charge in [-0.15, -0.1) is 0 Å². The molecule has 2 aliphatic carbocycles. The van der Waals surface area contributed by atoms with Gasteiger partial charge < -0.3 is 6.92 Å². The first-order valence-corrected chi connectivity index (χ1v) is 29.7. The maximum absolute atomic E-state index is 6.20. The Morgan fingerprint density at radius 3 is 1.40 bits per heavy atom. The van der Waals surface area contributed by atoms with Gasteiger partial charge in [0.15, 0.2) is 0 Å². The molecule has 0 bridgehead atoms. The Kier molecular flexibility index (Phi) is 12.9. The molecule has 0 atom stereocenters. The number of pyridine rings is 2.